The molecule has 0 saturated carbocycles. The first-order valence-electron chi connectivity index (χ1n) is 6.04. The minimum Gasteiger partial charge on any atom is -0.375 e. The molecular formula is C14H11ClN4O. The number of nitrogens with one attached hydrogen (secondary N) is 1. The van der Waals surface area contributed by atoms with Crippen LogP contribution in [0.15, 0.2) is 53.3 Å². The summed E-state index contributed by atoms with van der Waals surface area (Å²) in [6.45, 7) is 0.444. The first-order valence-corrected chi connectivity index (χ1v) is 6.41. The Hall–Kier alpha value is -2.40. The van der Waals surface area contributed by atoms with E-state index < -0.39 is 0 Å². The van der Waals surface area contributed by atoms with Crippen LogP contribution in [-0.4, -0.2) is 15.1 Å². The summed E-state index contributed by atoms with van der Waals surface area (Å²) in [7, 11) is 0. The molecule has 0 bridgehead atoms. The average Bonchev–Trinajstić information content (AvgIpc) is 2.95. The summed E-state index contributed by atoms with van der Waals surface area (Å²) in [5.41, 5.74) is 1.73. The lowest BCUT2D eigenvalue weighted by Crippen LogP contribution is -1.99. The fourth-order valence-electron chi connectivity index (χ4n) is 1.72. The molecule has 0 aliphatic rings. The van der Waals surface area contributed by atoms with E-state index in [0.717, 1.165) is 11.3 Å². The van der Waals surface area contributed by atoms with Crippen molar-refractivity contribution in [3.63, 3.8) is 0 Å². The zero-order chi connectivity index (χ0) is 13.8. The molecule has 3 aromatic rings. The van der Waals surface area contributed by atoms with Crippen molar-refractivity contribution < 1.29 is 4.52 Å². The summed E-state index contributed by atoms with van der Waals surface area (Å²) in [5.74, 6) is 1.03. The fourth-order valence-corrected chi connectivity index (χ4v) is 1.91. The number of hydrogen-bond acceptors (Lipinski definition) is 5. The number of aromatic nitrogens is 3. The molecule has 100 valence electrons. The first-order chi connectivity index (χ1) is 9.81. The standard InChI is InChI=1S/C14H11ClN4O/c15-11-4-1-3-10(7-11)14-18-13(20-19-14)9-17-12-5-2-6-16-8-12/h1-8,17H,9H2. The van der Waals surface area contributed by atoms with Crippen LogP contribution in [0, 0.1) is 0 Å². The van der Waals surface area contributed by atoms with Crippen LogP contribution in [-0.2, 0) is 6.54 Å². The molecule has 20 heavy (non-hydrogen) atoms. The van der Waals surface area contributed by atoms with Crippen molar-refractivity contribution in [3.8, 4) is 11.4 Å². The number of nitrogens with zero attached hydrogens (tertiary/aromatic N) is 3. The maximum Gasteiger partial charge on any atom is 0.246 e. The van der Waals surface area contributed by atoms with Crippen molar-refractivity contribution >= 4 is 17.3 Å². The van der Waals surface area contributed by atoms with Crippen molar-refractivity contribution in [1.82, 2.24) is 15.1 Å². The van der Waals surface area contributed by atoms with Gasteiger partial charge in [-0.1, -0.05) is 28.9 Å². The van der Waals surface area contributed by atoms with Gasteiger partial charge >= 0.3 is 0 Å². The van der Waals surface area contributed by atoms with Crippen LogP contribution in [0.4, 0.5) is 5.69 Å². The fraction of sp³-hybridized carbons (Fsp3) is 0.0714. The van der Waals surface area contributed by atoms with Gasteiger partial charge in [-0.2, -0.15) is 4.98 Å². The van der Waals surface area contributed by atoms with E-state index in [1.165, 1.54) is 0 Å². The van der Waals surface area contributed by atoms with Crippen LogP contribution in [0.25, 0.3) is 11.4 Å². The molecule has 6 heteroatoms. The quantitative estimate of drug-likeness (QED) is 0.796. The number of anilines is 1. The van der Waals surface area contributed by atoms with Gasteiger partial charge in [0.2, 0.25) is 11.7 Å². The molecule has 0 aliphatic heterocycles. The lowest BCUT2D eigenvalue weighted by molar-refractivity contribution is 0.384. The number of pyridine rings is 1. The second-order valence-electron chi connectivity index (χ2n) is 4.12. The van der Waals surface area contributed by atoms with Crippen molar-refractivity contribution in [2.75, 3.05) is 5.32 Å². The normalized spacial score (nSPS) is 10.4. The molecule has 0 fully saturated rings. The van der Waals surface area contributed by atoms with Crippen LogP contribution in [0.3, 0.4) is 0 Å². The molecule has 2 aromatic heterocycles. The first kappa shape index (κ1) is 12.6. The Bertz CT molecular complexity index is 699. The number of halogens is 1. The predicted molar refractivity (Wildman–Crippen MR) is 76.3 cm³/mol. The molecule has 5 nitrogen and oxygen atoms in total. The molecule has 2 heterocycles. The topological polar surface area (TPSA) is 63.8 Å². The van der Waals surface area contributed by atoms with Crippen LogP contribution >= 0.6 is 11.6 Å². The third-order valence-electron chi connectivity index (χ3n) is 2.66. The average molecular weight is 287 g/mol. The van der Waals surface area contributed by atoms with E-state index in [1.54, 1.807) is 24.5 Å². The minimum absolute atomic E-state index is 0.444. The van der Waals surface area contributed by atoms with E-state index in [2.05, 4.69) is 20.4 Å². The molecular weight excluding hydrogens is 276 g/mol. The maximum absolute atomic E-state index is 5.94. The van der Waals surface area contributed by atoms with Gasteiger partial charge in [-0.15, -0.1) is 0 Å². The van der Waals surface area contributed by atoms with Gasteiger partial charge in [0.05, 0.1) is 12.2 Å². The van der Waals surface area contributed by atoms with Gasteiger partial charge in [0, 0.05) is 23.0 Å². The molecule has 0 aliphatic carbocycles. The van der Waals surface area contributed by atoms with Gasteiger partial charge < -0.3 is 9.84 Å². The predicted octanol–water partition coefficient (Wildman–Crippen LogP) is 3.40. The highest BCUT2D eigenvalue weighted by Gasteiger charge is 2.08. The number of hydrogen-bond donors (Lipinski definition) is 1. The molecule has 0 spiro atoms. The largest absolute Gasteiger partial charge is 0.375 e. The van der Waals surface area contributed by atoms with Gasteiger partial charge in [-0.25, -0.2) is 0 Å². The molecule has 0 amide bonds. The lowest BCUT2D eigenvalue weighted by atomic mass is 10.2. The summed E-state index contributed by atoms with van der Waals surface area (Å²) < 4.78 is 5.19. The van der Waals surface area contributed by atoms with Crippen molar-refractivity contribution in [1.29, 1.82) is 0 Å². The van der Waals surface area contributed by atoms with E-state index in [9.17, 15) is 0 Å². The van der Waals surface area contributed by atoms with Crippen LogP contribution in [0.1, 0.15) is 5.89 Å². The second-order valence-corrected chi connectivity index (χ2v) is 4.55. The second kappa shape index (κ2) is 5.71. The molecule has 1 aromatic carbocycles. The Morgan fingerprint density at radius 1 is 1.20 bits per heavy atom. The highest BCUT2D eigenvalue weighted by atomic mass is 35.5. The van der Waals surface area contributed by atoms with Crippen molar-refractivity contribution in [2.24, 2.45) is 0 Å². The zero-order valence-corrected chi connectivity index (χ0v) is 11.2. The monoisotopic (exact) mass is 286 g/mol. The summed E-state index contributed by atoms with van der Waals surface area (Å²) in [4.78, 5) is 8.33. The van der Waals surface area contributed by atoms with E-state index >= 15 is 0 Å². The molecule has 1 N–H and O–H groups in total. The Kier molecular flexibility index (Phi) is 3.60. The van der Waals surface area contributed by atoms with Gasteiger partial charge in [0.15, 0.2) is 0 Å². The maximum atomic E-state index is 5.94. The summed E-state index contributed by atoms with van der Waals surface area (Å²) in [6.07, 6.45) is 3.45. The SMILES string of the molecule is Clc1cccc(-c2noc(CNc3cccnc3)n2)c1. The molecule has 0 unspecified atom stereocenters. The summed E-state index contributed by atoms with van der Waals surface area (Å²) in [5, 5.41) is 7.73. The van der Waals surface area contributed by atoms with Gasteiger partial charge in [0.25, 0.3) is 0 Å². The third kappa shape index (κ3) is 2.95. The number of rotatable bonds is 4. The Morgan fingerprint density at radius 3 is 2.95 bits per heavy atom. The Morgan fingerprint density at radius 2 is 2.15 bits per heavy atom. The minimum atomic E-state index is 0.444. The highest BCUT2D eigenvalue weighted by Crippen LogP contribution is 2.20. The van der Waals surface area contributed by atoms with Crippen LogP contribution < -0.4 is 5.32 Å². The van der Waals surface area contributed by atoms with Crippen molar-refractivity contribution in [3.05, 3.63) is 59.7 Å². The third-order valence-corrected chi connectivity index (χ3v) is 2.89. The van der Waals surface area contributed by atoms with E-state index in [4.69, 9.17) is 16.1 Å². The molecule has 3 rings (SSSR count). The molecule has 0 atom stereocenters. The van der Waals surface area contributed by atoms with Gasteiger partial charge in [-0.05, 0) is 24.3 Å². The smallest absolute Gasteiger partial charge is 0.246 e. The highest BCUT2D eigenvalue weighted by molar-refractivity contribution is 6.30. The van der Waals surface area contributed by atoms with E-state index in [-0.39, 0.29) is 0 Å². The summed E-state index contributed by atoms with van der Waals surface area (Å²) >= 11 is 5.94. The molecule has 0 saturated heterocycles. The van der Waals surface area contributed by atoms with Gasteiger partial charge in [0.1, 0.15) is 0 Å². The Balaban J connectivity index is 1.71. The van der Waals surface area contributed by atoms with Crippen LogP contribution in [0.5, 0.6) is 0 Å². The van der Waals surface area contributed by atoms with Gasteiger partial charge in [-0.3, -0.25) is 4.98 Å². The van der Waals surface area contributed by atoms with Crippen LogP contribution in [0.2, 0.25) is 5.02 Å². The van der Waals surface area contributed by atoms with E-state index in [1.807, 2.05) is 24.3 Å². The lowest BCUT2D eigenvalue weighted by Gasteiger charge is -2.00. The number of benzene rings is 1. The van der Waals surface area contributed by atoms with E-state index in [0.29, 0.717) is 23.3 Å². The van der Waals surface area contributed by atoms with Crippen molar-refractivity contribution in [2.45, 2.75) is 6.54 Å². The molecule has 0 radical (unpaired) electrons. The zero-order valence-electron chi connectivity index (χ0n) is 10.5. The Labute approximate surface area is 120 Å². The summed E-state index contributed by atoms with van der Waals surface area (Å²) in [6, 6.07) is 11.1.